The van der Waals surface area contributed by atoms with Crippen molar-refractivity contribution >= 4 is 23.8 Å². The maximum Gasteiger partial charge on any atom is 0.247 e. The molecule has 18 heavy (non-hydrogen) atoms. The number of anilines is 1. The molecule has 1 aliphatic rings. The Morgan fingerprint density at radius 3 is 2.78 bits per heavy atom. The lowest BCUT2D eigenvalue weighted by molar-refractivity contribution is 0.295. The molecule has 6 nitrogen and oxygen atoms in total. The minimum absolute atomic E-state index is 0.131. The van der Waals surface area contributed by atoms with Gasteiger partial charge in [0, 0.05) is 0 Å². The summed E-state index contributed by atoms with van der Waals surface area (Å²) >= 11 is 0. The van der Waals surface area contributed by atoms with Gasteiger partial charge in [-0.25, -0.2) is 10.3 Å². The van der Waals surface area contributed by atoms with Crippen molar-refractivity contribution < 1.29 is 4.74 Å². The lowest BCUT2D eigenvalue weighted by Gasteiger charge is -2.08. The molecule has 2 heterocycles. The quantitative estimate of drug-likeness (QED) is 0.881. The molecule has 0 saturated heterocycles. The molecular weight excluding hydrogens is 230 g/mol. The third-order valence-electron chi connectivity index (χ3n) is 2.44. The maximum atomic E-state index is 5.61. The predicted octanol–water partition coefficient (Wildman–Crippen LogP) is 1.55. The fraction of sp³-hybridized carbons (Fsp3) is 0.0833. The van der Waals surface area contributed by atoms with Crippen LogP contribution in [0.5, 0.6) is 5.88 Å². The fourth-order valence-corrected chi connectivity index (χ4v) is 1.61. The van der Waals surface area contributed by atoms with Crippen LogP contribution in [0.2, 0.25) is 0 Å². The standard InChI is InChI=1S/C12H10N5O/c13-12-16-10-9(14-7-15-10)11(17-12)18-6-8-4-2-1-3-5-8/h1-5,7H,6H2,(H2,13,16,17). The second kappa shape index (κ2) is 4.33. The van der Waals surface area contributed by atoms with Crippen LogP contribution in [0.3, 0.4) is 0 Å². The summed E-state index contributed by atoms with van der Waals surface area (Å²) in [6.45, 7) is 0.402. The largest absolute Gasteiger partial charge is 0.471 e. The lowest BCUT2D eigenvalue weighted by atomic mass is 10.2. The van der Waals surface area contributed by atoms with Crippen LogP contribution in [0, 0.1) is 0 Å². The Morgan fingerprint density at radius 1 is 1.11 bits per heavy atom. The monoisotopic (exact) mass is 240 g/mol. The average molecular weight is 240 g/mol. The highest BCUT2D eigenvalue weighted by molar-refractivity contribution is 5.82. The van der Waals surface area contributed by atoms with Gasteiger partial charge in [0.25, 0.3) is 0 Å². The molecule has 2 N–H and O–H groups in total. The lowest BCUT2D eigenvalue weighted by Crippen LogP contribution is -2.02. The van der Waals surface area contributed by atoms with Crippen molar-refractivity contribution in [2.45, 2.75) is 6.61 Å². The number of hydrogen-bond donors (Lipinski definition) is 1. The smallest absolute Gasteiger partial charge is 0.247 e. The minimum atomic E-state index is 0.131. The Hall–Kier alpha value is -2.63. The Labute approximate surface area is 104 Å². The summed E-state index contributed by atoms with van der Waals surface area (Å²) in [5, 5.41) is 3.97. The van der Waals surface area contributed by atoms with Crippen LogP contribution in [-0.4, -0.2) is 16.3 Å². The zero-order valence-electron chi connectivity index (χ0n) is 9.45. The van der Waals surface area contributed by atoms with E-state index in [-0.39, 0.29) is 5.95 Å². The summed E-state index contributed by atoms with van der Waals surface area (Å²) < 4.78 is 5.61. The van der Waals surface area contributed by atoms with E-state index in [1.807, 2.05) is 30.3 Å². The Morgan fingerprint density at radius 2 is 1.94 bits per heavy atom. The van der Waals surface area contributed by atoms with Gasteiger partial charge in [-0.1, -0.05) is 30.3 Å². The molecule has 1 aromatic heterocycles. The number of rotatable bonds is 3. The van der Waals surface area contributed by atoms with E-state index < -0.39 is 0 Å². The van der Waals surface area contributed by atoms with Crippen LogP contribution in [-0.2, 0) is 6.61 Å². The molecule has 0 saturated carbocycles. The molecule has 0 fully saturated rings. The molecule has 89 valence electrons. The molecule has 1 radical (unpaired) electrons. The molecule has 0 aliphatic carbocycles. The van der Waals surface area contributed by atoms with Gasteiger partial charge in [-0.3, -0.25) is 0 Å². The molecular formula is C12H10N5O. The predicted molar refractivity (Wildman–Crippen MR) is 67.2 cm³/mol. The summed E-state index contributed by atoms with van der Waals surface area (Å²) in [5.74, 6) is 0.940. The third-order valence-corrected chi connectivity index (χ3v) is 2.44. The van der Waals surface area contributed by atoms with E-state index in [1.54, 1.807) is 0 Å². The molecule has 0 bridgehead atoms. The Bertz CT molecular complexity index is 597. The first-order valence-corrected chi connectivity index (χ1v) is 5.40. The van der Waals surface area contributed by atoms with E-state index in [4.69, 9.17) is 10.5 Å². The van der Waals surface area contributed by atoms with E-state index in [2.05, 4.69) is 20.3 Å². The highest BCUT2D eigenvalue weighted by Gasteiger charge is 2.18. The Balaban J connectivity index is 1.83. The van der Waals surface area contributed by atoms with Gasteiger partial charge in [0.1, 0.15) is 12.9 Å². The first-order chi connectivity index (χ1) is 8.83. The van der Waals surface area contributed by atoms with Crippen LogP contribution in [0.1, 0.15) is 5.56 Å². The van der Waals surface area contributed by atoms with Gasteiger partial charge in [-0.15, -0.1) is 0 Å². The maximum absolute atomic E-state index is 5.61. The van der Waals surface area contributed by atoms with Crippen LogP contribution >= 0.6 is 0 Å². The van der Waals surface area contributed by atoms with Crippen molar-refractivity contribution in [3.05, 3.63) is 35.9 Å². The highest BCUT2D eigenvalue weighted by Crippen LogP contribution is 2.35. The number of fused-ring (bicyclic) bond motifs is 1. The van der Waals surface area contributed by atoms with Crippen molar-refractivity contribution in [3.8, 4) is 5.88 Å². The zero-order valence-corrected chi connectivity index (χ0v) is 9.45. The van der Waals surface area contributed by atoms with Crippen molar-refractivity contribution in [3.63, 3.8) is 0 Å². The third kappa shape index (κ3) is 1.95. The minimum Gasteiger partial charge on any atom is -0.471 e. The summed E-state index contributed by atoms with van der Waals surface area (Å²) in [6.07, 6.45) is 1.41. The van der Waals surface area contributed by atoms with Gasteiger partial charge in [-0.2, -0.15) is 9.97 Å². The molecule has 0 atom stereocenters. The molecule has 2 aromatic rings. The van der Waals surface area contributed by atoms with Crippen molar-refractivity contribution in [1.82, 2.24) is 15.3 Å². The second-order valence-corrected chi connectivity index (χ2v) is 3.71. The van der Waals surface area contributed by atoms with Gasteiger partial charge in [0.2, 0.25) is 11.8 Å². The topological polar surface area (TPSA) is 87.5 Å². The number of nitrogens with two attached hydrogens (primary N) is 1. The van der Waals surface area contributed by atoms with Crippen molar-refractivity contribution in [2.24, 2.45) is 4.99 Å². The number of ether oxygens (including phenoxy) is 1. The zero-order chi connectivity index (χ0) is 12.4. The van der Waals surface area contributed by atoms with E-state index >= 15 is 0 Å². The van der Waals surface area contributed by atoms with Gasteiger partial charge in [0.05, 0.1) is 0 Å². The molecule has 3 rings (SSSR count). The first-order valence-electron chi connectivity index (χ1n) is 5.40. The van der Waals surface area contributed by atoms with E-state index in [1.165, 1.54) is 6.34 Å². The molecule has 1 aromatic carbocycles. The SMILES string of the molecule is Nc1nc2c(c(OCc3ccccc3)n1)N=C[N]2. The van der Waals surface area contributed by atoms with E-state index in [0.29, 0.717) is 24.0 Å². The van der Waals surface area contributed by atoms with E-state index in [0.717, 1.165) is 5.56 Å². The summed E-state index contributed by atoms with van der Waals surface area (Å²) in [4.78, 5) is 12.1. The molecule has 6 heteroatoms. The number of aromatic nitrogens is 2. The molecule has 0 unspecified atom stereocenters. The summed E-state index contributed by atoms with van der Waals surface area (Å²) in [5.41, 5.74) is 7.15. The fourth-order valence-electron chi connectivity index (χ4n) is 1.61. The average Bonchev–Trinajstić information content (AvgIpc) is 2.85. The number of aliphatic imine (C=N–C) groups is 1. The van der Waals surface area contributed by atoms with Crippen LogP contribution < -0.4 is 15.8 Å². The van der Waals surface area contributed by atoms with Gasteiger partial charge in [-0.05, 0) is 5.56 Å². The van der Waals surface area contributed by atoms with Crippen molar-refractivity contribution in [1.29, 1.82) is 0 Å². The molecule has 1 aliphatic heterocycles. The number of benzene rings is 1. The highest BCUT2D eigenvalue weighted by atomic mass is 16.5. The van der Waals surface area contributed by atoms with E-state index in [9.17, 15) is 0 Å². The summed E-state index contributed by atoms with van der Waals surface area (Å²) in [7, 11) is 0. The number of nitrogen functional groups attached to an aromatic ring is 1. The molecule has 0 amide bonds. The van der Waals surface area contributed by atoms with Gasteiger partial charge in [0.15, 0.2) is 11.5 Å². The van der Waals surface area contributed by atoms with Gasteiger partial charge >= 0.3 is 0 Å². The molecule has 0 spiro atoms. The number of nitrogens with zero attached hydrogens (tertiary/aromatic N) is 4. The van der Waals surface area contributed by atoms with Crippen LogP contribution in [0.15, 0.2) is 35.3 Å². The van der Waals surface area contributed by atoms with Crippen molar-refractivity contribution in [2.75, 3.05) is 5.73 Å². The second-order valence-electron chi connectivity index (χ2n) is 3.71. The van der Waals surface area contributed by atoms with Crippen LogP contribution in [0.4, 0.5) is 17.5 Å². The van der Waals surface area contributed by atoms with Gasteiger partial charge < -0.3 is 10.5 Å². The Kier molecular flexibility index (Phi) is 2.53. The van der Waals surface area contributed by atoms with Crippen LogP contribution in [0.25, 0.3) is 0 Å². The number of hydrogen-bond acceptors (Lipinski definition) is 5. The summed E-state index contributed by atoms with van der Waals surface area (Å²) in [6, 6.07) is 9.79. The first kappa shape index (κ1) is 10.5. The normalized spacial score (nSPS) is 12.0.